The van der Waals surface area contributed by atoms with Gasteiger partial charge < -0.3 is 14.7 Å². The summed E-state index contributed by atoms with van der Waals surface area (Å²) in [6, 6.07) is 11.2. The molecule has 0 saturated carbocycles. The molecule has 0 radical (unpaired) electrons. The minimum Gasteiger partial charge on any atom is -0.507 e. The van der Waals surface area contributed by atoms with Crippen LogP contribution in [0.4, 0.5) is 4.39 Å². The monoisotopic (exact) mass is 491 g/mol. The van der Waals surface area contributed by atoms with E-state index in [1.807, 2.05) is 5.38 Å². The number of aliphatic hydroxyl groups excluding tert-OH is 1. The Balaban J connectivity index is 1.84. The summed E-state index contributed by atoms with van der Waals surface area (Å²) in [4.78, 5) is 28.0. The van der Waals surface area contributed by atoms with Crippen LogP contribution >= 0.6 is 34.5 Å². The van der Waals surface area contributed by atoms with Gasteiger partial charge in [0.05, 0.1) is 28.8 Å². The van der Waals surface area contributed by atoms with Crippen molar-refractivity contribution in [1.82, 2.24) is 4.90 Å². The third-order valence-corrected chi connectivity index (χ3v) is 6.58. The van der Waals surface area contributed by atoms with E-state index in [9.17, 15) is 19.1 Å². The minimum absolute atomic E-state index is 0.0638. The van der Waals surface area contributed by atoms with Crippen molar-refractivity contribution in [2.45, 2.75) is 12.6 Å². The van der Waals surface area contributed by atoms with E-state index in [-0.39, 0.29) is 33.5 Å². The number of rotatable bonds is 5. The van der Waals surface area contributed by atoms with E-state index >= 15 is 0 Å². The molecule has 1 aliphatic rings. The van der Waals surface area contributed by atoms with Gasteiger partial charge in [-0.15, -0.1) is 11.3 Å². The number of carbonyl (C=O) groups excluding carboxylic acids is 2. The Labute approximate surface area is 197 Å². The average Bonchev–Trinajstić information content (AvgIpc) is 3.37. The van der Waals surface area contributed by atoms with E-state index in [0.29, 0.717) is 10.4 Å². The van der Waals surface area contributed by atoms with Crippen molar-refractivity contribution in [3.05, 3.63) is 91.4 Å². The molecule has 164 valence electrons. The van der Waals surface area contributed by atoms with E-state index in [0.717, 1.165) is 0 Å². The summed E-state index contributed by atoms with van der Waals surface area (Å²) in [5.74, 6) is -2.16. The zero-order valence-electron chi connectivity index (χ0n) is 16.6. The summed E-state index contributed by atoms with van der Waals surface area (Å²) >= 11 is 13.7. The lowest BCUT2D eigenvalue weighted by Gasteiger charge is -2.24. The number of aliphatic hydroxyl groups is 1. The van der Waals surface area contributed by atoms with Gasteiger partial charge in [0.2, 0.25) is 0 Å². The molecule has 1 saturated heterocycles. The van der Waals surface area contributed by atoms with Gasteiger partial charge in [-0.2, -0.15) is 0 Å². The Hall–Kier alpha value is -2.87. The van der Waals surface area contributed by atoms with Crippen LogP contribution in [0, 0.1) is 5.82 Å². The van der Waals surface area contributed by atoms with Crippen molar-refractivity contribution in [2.24, 2.45) is 0 Å². The number of thiophene rings is 1. The lowest BCUT2D eigenvalue weighted by Crippen LogP contribution is -2.28. The lowest BCUT2D eigenvalue weighted by molar-refractivity contribution is -0.140. The molecule has 9 heteroatoms. The second-order valence-corrected chi connectivity index (χ2v) is 8.84. The smallest absolute Gasteiger partial charge is 0.295 e. The average molecular weight is 492 g/mol. The molecular weight excluding hydrogens is 476 g/mol. The van der Waals surface area contributed by atoms with Crippen molar-refractivity contribution in [3.8, 4) is 5.75 Å². The van der Waals surface area contributed by atoms with Gasteiger partial charge in [0.15, 0.2) is 5.75 Å². The highest BCUT2D eigenvalue weighted by Crippen LogP contribution is 2.43. The first-order valence-corrected chi connectivity index (χ1v) is 11.0. The van der Waals surface area contributed by atoms with E-state index in [1.165, 1.54) is 47.6 Å². The fourth-order valence-corrected chi connectivity index (χ4v) is 5.11. The number of hydrogen-bond acceptors (Lipinski definition) is 5. The number of methoxy groups -OCH3 is 1. The van der Waals surface area contributed by atoms with Crippen LogP contribution in [0.15, 0.2) is 59.5 Å². The van der Waals surface area contributed by atoms with Crippen molar-refractivity contribution >= 4 is 52.0 Å². The first-order valence-electron chi connectivity index (χ1n) is 9.41. The van der Waals surface area contributed by atoms with Crippen molar-refractivity contribution in [3.63, 3.8) is 0 Å². The zero-order valence-corrected chi connectivity index (χ0v) is 19.0. The molecule has 1 aliphatic heterocycles. The molecule has 1 atom stereocenters. The number of ether oxygens (including phenoxy) is 1. The standard InChI is InChI=1S/C23H16Cl2FNO4S/c1-31-22-15(24)9-13(10-16(22)25)20(28)18-19(17-3-2-8-32-17)27(23(30)21(18)29)11-12-4-6-14(26)7-5-12/h2-10,19,28H,11H2,1H3/b20-18-. The normalized spacial score (nSPS) is 17.8. The number of likely N-dealkylation sites (tertiary alicyclic amines) is 1. The molecule has 1 aromatic heterocycles. The topological polar surface area (TPSA) is 66.8 Å². The fraction of sp³-hybridized carbons (Fsp3) is 0.130. The molecule has 0 bridgehead atoms. The number of carbonyl (C=O) groups is 2. The first kappa shape index (κ1) is 22.3. The van der Waals surface area contributed by atoms with Gasteiger partial charge in [-0.1, -0.05) is 41.4 Å². The van der Waals surface area contributed by atoms with Gasteiger partial charge in [-0.05, 0) is 41.3 Å². The van der Waals surface area contributed by atoms with Crippen LogP contribution in [0.3, 0.4) is 0 Å². The van der Waals surface area contributed by atoms with E-state index in [4.69, 9.17) is 27.9 Å². The number of ketones is 1. The summed E-state index contributed by atoms with van der Waals surface area (Å²) in [5, 5.41) is 13.2. The fourth-order valence-electron chi connectivity index (χ4n) is 3.62. The van der Waals surface area contributed by atoms with Crippen LogP contribution in [0.25, 0.3) is 5.76 Å². The van der Waals surface area contributed by atoms with Gasteiger partial charge in [-0.25, -0.2) is 4.39 Å². The Morgan fingerprint density at radius 3 is 2.38 bits per heavy atom. The molecule has 5 nitrogen and oxygen atoms in total. The Morgan fingerprint density at radius 1 is 1.16 bits per heavy atom. The first-order chi connectivity index (χ1) is 15.3. The third-order valence-electron chi connectivity index (χ3n) is 5.09. The van der Waals surface area contributed by atoms with Crippen molar-refractivity contribution in [2.75, 3.05) is 7.11 Å². The van der Waals surface area contributed by atoms with E-state index in [2.05, 4.69) is 0 Å². The summed E-state index contributed by atoms with van der Waals surface area (Å²) in [5.41, 5.74) is 0.754. The molecule has 1 amide bonds. The molecule has 1 unspecified atom stereocenters. The molecule has 1 fully saturated rings. The number of Topliss-reactive ketones (excluding diaryl/α,β-unsaturated/α-hetero) is 1. The molecule has 0 spiro atoms. The van der Waals surface area contributed by atoms with Crippen LogP contribution in [0.5, 0.6) is 5.75 Å². The van der Waals surface area contributed by atoms with Crippen LogP contribution in [0.1, 0.15) is 22.0 Å². The lowest BCUT2D eigenvalue weighted by atomic mass is 9.99. The van der Waals surface area contributed by atoms with Crippen LogP contribution in [-0.2, 0) is 16.1 Å². The predicted octanol–water partition coefficient (Wildman–Crippen LogP) is 5.82. The second kappa shape index (κ2) is 8.94. The highest BCUT2D eigenvalue weighted by atomic mass is 35.5. The maximum absolute atomic E-state index is 13.3. The molecule has 32 heavy (non-hydrogen) atoms. The van der Waals surface area contributed by atoms with Gasteiger partial charge in [0.25, 0.3) is 11.7 Å². The molecule has 3 aromatic rings. The maximum atomic E-state index is 13.3. The van der Waals surface area contributed by atoms with Gasteiger partial charge in [0.1, 0.15) is 11.6 Å². The minimum atomic E-state index is -0.828. The number of hydrogen-bond donors (Lipinski definition) is 1. The van der Waals surface area contributed by atoms with Gasteiger partial charge >= 0.3 is 0 Å². The maximum Gasteiger partial charge on any atom is 0.295 e. The summed E-state index contributed by atoms with van der Waals surface area (Å²) in [6.45, 7) is 0.0638. The predicted molar refractivity (Wildman–Crippen MR) is 122 cm³/mol. The number of nitrogens with zero attached hydrogens (tertiary/aromatic N) is 1. The molecule has 0 aliphatic carbocycles. The van der Waals surface area contributed by atoms with Crippen molar-refractivity contribution in [1.29, 1.82) is 0 Å². The van der Waals surface area contributed by atoms with E-state index < -0.39 is 29.3 Å². The summed E-state index contributed by atoms with van der Waals surface area (Å²) in [7, 11) is 1.41. The number of benzene rings is 2. The van der Waals surface area contributed by atoms with Gasteiger partial charge in [0, 0.05) is 17.0 Å². The summed E-state index contributed by atoms with van der Waals surface area (Å²) < 4.78 is 18.4. The van der Waals surface area contributed by atoms with Gasteiger partial charge in [-0.3, -0.25) is 9.59 Å². The van der Waals surface area contributed by atoms with E-state index in [1.54, 1.807) is 24.3 Å². The Bertz CT molecular complexity index is 1200. The highest BCUT2D eigenvalue weighted by Gasteiger charge is 2.46. The quantitative estimate of drug-likeness (QED) is 0.277. The molecule has 2 heterocycles. The zero-order chi connectivity index (χ0) is 23.0. The van der Waals surface area contributed by atoms with Crippen LogP contribution < -0.4 is 4.74 Å². The van der Waals surface area contributed by atoms with Crippen molar-refractivity contribution < 1.29 is 23.8 Å². The second-order valence-electron chi connectivity index (χ2n) is 7.04. The Morgan fingerprint density at radius 2 is 1.81 bits per heavy atom. The highest BCUT2D eigenvalue weighted by molar-refractivity contribution is 7.10. The Kier molecular flexibility index (Phi) is 6.24. The largest absolute Gasteiger partial charge is 0.507 e. The van der Waals surface area contributed by atoms with Crippen LogP contribution in [-0.4, -0.2) is 28.8 Å². The molecule has 4 rings (SSSR count). The molecule has 2 aromatic carbocycles. The number of amides is 1. The summed E-state index contributed by atoms with van der Waals surface area (Å²) in [6.07, 6.45) is 0. The third kappa shape index (κ3) is 3.99. The molecular formula is C23H16Cl2FNO4S. The SMILES string of the molecule is COc1c(Cl)cc(/C(O)=C2/C(=O)C(=O)N(Cc3ccc(F)cc3)C2c2cccs2)cc1Cl. The molecule has 1 N–H and O–H groups in total. The van der Waals surface area contributed by atoms with Crippen LogP contribution in [0.2, 0.25) is 10.0 Å². The number of halogens is 3.